The molecule has 0 atom stereocenters. The number of hydrogen-bond acceptors (Lipinski definition) is 2. The van der Waals surface area contributed by atoms with E-state index >= 15 is 0 Å². The molecule has 1 saturated carbocycles. The lowest BCUT2D eigenvalue weighted by atomic mass is 9.73. The Morgan fingerprint density at radius 3 is 2.25 bits per heavy atom. The van der Waals surface area contributed by atoms with E-state index in [1.165, 1.54) is 12.8 Å². The van der Waals surface area contributed by atoms with Crippen LogP contribution >= 0.6 is 0 Å². The first-order valence-corrected chi connectivity index (χ1v) is 4.67. The highest BCUT2D eigenvalue weighted by Gasteiger charge is 2.29. The smallest absolute Gasteiger partial charge is 0.183 e. The Bertz CT molecular complexity index is 165. The molecule has 0 radical (unpaired) electrons. The van der Waals surface area contributed by atoms with Crippen molar-refractivity contribution < 1.29 is 4.74 Å². The maximum Gasteiger partial charge on any atom is 0.183 e. The van der Waals surface area contributed by atoms with Crippen molar-refractivity contribution in [1.29, 1.82) is 5.41 Å². The fourth-order valence-corrected chi connectivity index (χ4v) is 1.83. The zero-order valence-electron chi connectivity index (χ0n) is 8.31. The molecule has 1 N–H and O–H groups in total. The number of hydrogen-bond donors (Lipinski definition) is 1. The van der Waals surface area contributed by atoms with Gasteiger partial charge in [-0.1, -0.05) is 13.8 Å². The summed E-state index contributed by atoms with van der Waals surface area (Å²) in [6.45, 7) is 4.61. The molecule has 0 spiro atoms. The van der Waals surface area contributed by atoms with E-state index in [4.69, 9.17) is 10.1 Å². The summed E-state index contributed by atoms with van der Waals surface area (Å²) in [6, 6.07) is 0. The van der Waals surface area contributed by atoms with E-state index in [-0.39, 0.29) is 0 Å². The number of methoxy groups -OCH3 is 1. The highest BCUT2D eigenvalue weighted by molar-refractivity contribution is 5.75. The molecule has 0 aliphatic heterocycles. The van der Waals surface area contributed by atoms with E-state index < -0.39 is 0 Å². The first-order chi connectivity index (χ1) is 5.55. The van der Waals surface area contributed by atoms with E-state index in [9.17, 15) is 0 Å². The number of rotatable bonds is 1. The number of ether oxygens (including phenoxy) is 1. The van der Waals surface area contributed by atoms with Crippen LogP contribution in [0.2, 0.25) is 0 Å². The van der Waals surface area contributed by atoms with Crippen LogP contribution in [0.25, 0.3) is 0 Å². The zero-order valence-corrected chi connectivity index (χ0v) is 8.31. The third-order valence-electron chi connectivity index (χ3n) is 2.93. The quantitative estimate of drug-likeness (QED) is 0.475. The van der Waals surface area contributed by atoms with E-state index in [2.05, 4.69) is 13.8 Å². The van der Waals surface area contributed by atoms with Crippen molar-refractivity contribution in [2.75, 3.05) is 7.11 Å². The summed E-state index contributed by atoms with van der Waals surface area (Å²) in [4.78, 5) is 0. The van der Waals surface area contributed by atoms with Gasteiger partial charge in [-0.2, -0.15) is 0 Å². The van der Waals surface area contributed by atoms with Gasteiger partial charge in [0, 0.05) is 5.92 Å². The molecule has 0 aromatic rings. The van der Waals surface area contributed by atoms with E-state index in [1.54, 1.807) is 7.11 Å². The van der Waals surface area contributed by atoms with E-state index in [0.29, 0.717) is 17.2 Å². The van der Waals surface area contributed by atoms with Crippen LogP contribution in [0.4, 0.5) is 0 Å². The molecule has 2 nitrogen and oxygen atoms in total. The Hall–Kier alpha value is -0.530. The summed E-state index contributed by atoms with van der Waals surface area (Å²) in [7, 11) is 1.60. The maximum atomic E-state index is 7.54. The minimum Gasteiger partial charge on any atom is -0.484 e. The van der Waals surface area contributed by atoms with Gasteiger partial charge in [0.1, 0.15) is 0 Å². The van der Waals surface area contributed by atoms with Crippen molar-refractivity contribution in [3.8, 4) is 0 Å². The SMILES string of the molecule is COC(=N)C1CCC(C)(C)CC1. The summed E-state index contributed by atoms with van der Waals surface area (Å²) >= 11 is 0. The first kappa shape index (κ1) is 9.56. The van der Waals surface area contributed by atoms with Crippen molar-refractivity contribution >= 4 is 5.90 Å². The molecule has 1 fully saturated rings. The minimum absolute atomic E-state index is 0.392. The monoisotopic (exact) mass is 169 g/mol. The molecule has 0 aromatic heterocycles. The second kappa shape index (κ2) is 3.46. The summed E-state index contributed by atoms with van der Waals surface area (Å²) < 4.78 is 4.94. The summed E-state index contributed by atoms with van der Waals surface area (Å²) in [5, 5.41) is 7.54. The second-order valence-corrected chi connectivity index (χ2v) is 4.51. The Kier molecular flexibility index (Phi) is 2.76. The third kappa shape index (κ3) is 2.23. The Morgan fingerprint density at radius 2 is 1.83 bits per heavy atom. The van der Waals surface area contributed by atoms with Gasteiger partial charge in [0.25, 0.3) is 0 Å². The van der Waals surface area contributed by atoms with E-state index in [0.717, 1.165) is 12.8 Å². The zero-order chi connectivity index (χ0) is 9.19. The van der Waals surface area contributed by atoms with Crippen LogP contribution in [0, 0.1) is 16.7 Å². The van der Waals surface area contributed by atoms with Crippen molar-refractivity contribution in [3.63, 3.8) is 0 Å². The van der Waals surface area contributed by atoms with Crippen LogP contribution in [0.15, 0.2) is 0 Å². The summed E-state index contributed by atoms with van der Waals surface area (Å²) in [5.41, 5.74) is 0.491. The highest BCUT2D eigenvalue weighted by atomic mass is 16.5. The van der Waals surface area contributed by atoms with Gasteiger partial charge in [0.15, 0.2) is 5.90 Å². The Labute approximate surface area is 74.8 Å². The molecular formula is C10H19NO. The van der Waals surface area contributed by atoms with Gasteiger partial charge in [-0.25, -0.2) is 0 Å². The largest absolute Gasteiger partial charge is 0.484 e. The molecule has 0 aromatic carbocycles. The number of nitrogens with one attached hydrogen (secondary N) is 1. The molecular weight excluding hydrogens is 150 g/mol. The fraction of sp³-hybridized carbons (Fsp3) is 0.900. The molecule has 1 aliphatic carbocycles. The van der Waals surface area contributed by atoms with Gasteiger partial charge in [-0.3, -0.25) is 5.41 Å². The van der Waals surface area contributed by atoms with Gasteiger partial charge in [0.2, 0.25) is 0 Å². The lowest BCUT2D eigenvalue weighted by Crippen LogP contribution is -2.26. The fourth-order valence-electron chi connectivity index (χ4n) is 1.83. The minimum atomic E-state index is 0.392. The van der Waals surface area contributed by atoms with E-state index in [1.807, 2.05) is 0 Å². The topological polar surface area (TPSA) is 33.1 Å². The second-order valence-electron chi connectivity index (χ2n) is 4.51. The Morgan fingerprint density at radius 1 is 1.33 bits per heavy atom. The molecule has 2 heteroatoms. The van der Waals surface area contributed by atoms with Crippen LogP contribution < -0.4 is 0 Å². The molecule has 0 amide bonds. The summed E-state index contributed by atoms with van der Waals surface area (Å²) in [6.07, 6.45) is 4.70. The maximum absolute atomic E-state index is 7.54. The van der Waals surface area contributed by atoms with Crippen molar-refractivity contribution in [2.45, 2.75) is 39.5 Å². The standard InChI is InChI=1S/C10H19NO/c1-10(2)6-4-8(5-7-10)9(11)12-3/h8,11H,4-7H2,1-3H3. The molecule has 0 unspecified atom stereocenters. The molecule has 70 valence electrons. The van der Waals surface area contributed by atoms with Gasteiger partial charge in [-0.05, 0) is 31.1 Å². The van der Waals surface area contributed by atoms with Crippen LogP contribution in [0.3, 0.4) is 0 Å². The molecule has 0 heterocycles. The van der Waals surface area contributed by atoms with Crippen LogP contribution in [-0.2, 0) is 4.74 Å². The lowest BCUT2D eigenvalue weighted by Gasteiger charge is -2.33. The normalized spacial score (nSPS) is 23.6. The molecule has 0 bridgehead atoms. The van der Waals surface area contributed by atoms with Gasteiger partial charge < -0.3 is 4.74 Å². The predicted octanol–water partition coefficient (Wildman–Crippen LogP) is 2.83. The van der Waals surface area contributed by atoms with Gasteiger partial charge in [0.05, 0.1) is 7.11 Å². The van der Waals surface area contributed by atoms with Crippen LogP contribution in [0.5, 0.6) is 0 Å². The predicted molar refractivity (Wildman–Crippen MR) is 50.5 cm³/mol. The van der Waals surface area contributed by atoms with Crippen molar-refractivity contribution in [1.82, 2.24) is 0 Å². The van der Waals surface area contributed by atoms with Crippen molar-refractivity contribution in [3.05, 3.63) is 0 Å². The van der Waals surface area contributed by atoms with Crippen molar-refractivity contribution in [2.24, 2.45) is 11.3 Å². The van der Waals surface area contributed by atoms with Crippen LogP contribution in [0.1, 0.15) is 39.5 Å². The first-order valence-electron chi connectivity index (χ1n) is 4.67. The average molecular weight is 169 g/mol. The molecule has 1 rings (SSSR count). The Balaban J connectivity index is 2.41. The van der Waals surface area contributed by atoms with Gasteiger partial charge in [-0.15, -0.1) is 0 Å². The van der Waals surface area contributed by atoms with Gasteiger partial charge >= 0.3 is 0 Å². The van der Waals surface area contributed by atoms with Crippen LogP contribution in [-0.4, -0.2) is 13.0 Å². The highest BCUT2D eigenvalue weighted by Crippen LogP contribution is 2.38. The third-order valence-corrected chi connectivity index (χ3v) is 2.93. The molecule has 0 saturated heterocycles. The average Bonchev–Trinajstić information content (AvgIpc) is 2.03. The molecule has 12 heavy (non-hydrogen) atoms. The lowest BCUT2D eigenvalue weighted by molar-refractivity contribution is 0.204. The summed E-state index contributed by atoms with van der Waals surface area (Å²) in [5.74, 6) is 0.869. The molecule has 1 aliphatic rings.